The van der Waals surface area contributed by atoms with E-state index in [1.807, 2.05) is 6.92 Å². The van der Waals surface area contributed by atoms with Gasteiger partial charge in [-0.2, -0.15) is 4.31 Å². The molecule has 0 aliphatic carbocycles. The second-order valence-electron chi connectivity index (χ2n) is 6.38. The Kier molecular flexibility index (Phi) is 7.10. The van der Waals surface area contributed by atoms with E-state index in [0.29, 0.717) is 24.3 Å². The average Bonchev–Trinajstić information content (AvgIpc) is 2.65. The van der Waals surface area contributed by atoms with E-state index in [9.17, 15) is 17.6 Å². The van der Waals surface area contributed by atoms with Gasteiger partial charge < -0.3 is 5.32 Å². The third kappa shape index (κ3) is 5.05. The van der Waals surface area contributed by atoms with Crippen molar-refractivity contribution in [1.29, 1.82) is 0 Å². The number of benzene rings is 2. The summed E-state index contributed by atoms with van der Waals surface area (Å²) in [6, 6.07) is 8.85. The fraction of sp³-hybridized carbons (Fsp3) is 0.286. The fourth-order valence-electron chi connectivity index (χ4n) is 2.74. The maximum Gasteiger partial charge on any atom is 0.248 e. The quantitative estimate of drug-likeness (QED) is 0.706. The molecule has 0 aliphatic rings. The first-order valence-electron chi connectivity index (χ1n) is 9.05. The minimum Gasteiger partial charge on any atom is -0.322 e. The average molecular weight is 405 g/mol. The van der Waals surface area contributed by atoms with Crippen LogP contribution >= 0.6 is 0 Å². The molecule has 2 rings (SSSR count). The molecule has 0 aromatic heterocycles. The van der Waals surface area contributed by atoms with Gasteiger partial charge in [0.1, 0.15) is 5.82 Å². The topological polar surface area (TPSA) is 66.5 Å². The number of anilines is 1. The smallest absolute Gasteiger partial charge is 0.248 e. The summed E-state index contributed by atoms with van der Waals surface area (Å²) in [7, 11) is -3.63. The second-order valence-corrected chi connectivity index (χ2v) is 8.31. The highest BCUT2D eigenvalue weighted by molar-refractivity contribution is 7.89. The van der Waals surface area contributed by atoms with Crippen LogP contribution in [0.4, 0.5) is 10.1 Å². The molecule has 0 saturated carbocycles. The van der Waals surface area contributed by atoms with Crippen LogP contribution in [0.15, 0.2) is 47.4 Å². The van der Waals surface area contributed by atoms with Gasteiger partial charge in [0.15, 0.2) is 0 Å². The SMILES string of the molecule is CCN(CC)S(=O)(=O)c1cc(C)c(C)c(NC(=O)/C=C/c2ccc(F)cc2)c1. The number of hydrogen-bond acceptors (Lipinski definition) is 3. The molecule has 0 heterocycles. The van der Waals surface area contributed by atoms with E-state index in [1.54, 1.807) is 45.0 Å². The van der Waals surface area contributed by atoms with Crippen LogP contribution in [0.1, 0.15) is 30.5 Å². The normalized spacial score (nSPS) is 11.9. The molecule has 0 atom stereocenters. The Bertz CT molecular complexity index is 979. The van der Waals surface area contributed by atoms with Crippen LogP contribution in [0, 0.1) is 19.7 Å². The van der Waals surface area contributed by atoms with Crippen molar-refractivity contribution in [3.05, 3.63) is 65.0 Å². The molecule has 1 amide bonds. The Morgan fingerprint density at radius 1 is 1.11 bits per heavy atom. The number of aryl methyl sites for hydroxylation is 1. The molecule has 0 fully saturated rings. The van der Waals surface area contributed by atoms with Gasteiger partial charge >= 0.3 is 0 Å². The van der Waals surface area contributed by atoms with Crippen molar-refractivity contribution in [2.45, 2.75) is 32.6 Å². The van der Waals surface area contributed by atoms with Crippen LogP contribution in [-0.4, -0.2) is 31.7 Å². The van der Waals surface area contributed by atoms with E-state index in [-0.39, 0.29) is 10.7 Å². The molecule has 150 valence electrons. The van der Waals surface area contributed by atoms with Crippen molar-refractivity contribution >= 4 is 27.7 Å². The molecule has 1 N–H and O–H groups in total. The van der Waals surface area contributed by atoms with E-state index < -0.39 is 15.9 Å². The number of rotatable bonds is 7. The third-order valence-electron chi connectivity index (χ3n) is 4.54. The van der Waals surface area contributed by atoms with E-state index in [0.717, 1.165) is 11.1 Å². The lowest BCUT2D eigenvalue weighted by Gasteiger charge is -2.20. The van der Waals surface area contributed by atoms with Crippen LogP contribution in [0.2, 0.25) is 0 Å². The summed E-state index contributed by atoms with van der Waals surface area (Å²) in [5.41, 5.74) is 2.69. The Labute approximate surface area is 165 Å². The predicted molar refractivity (Wildman–Crippen MR) is 110 cm³/mol. The first kappa shape index (κ1) is 21.8. The summed E-state index contributed by atoms with van der Waals surface area (Å²) in [6.45, 7) is 7.93. The zero-order valence-electron chi connectivity index (χ0n) is 16.5. The van der Waals surface area contributed by atoms with Crippen LogP contribution in [-0.2, 0) is 14.8 Å². The van der Waals surface area contributed by atoms with Crippen LogP contribution in [0.3, 0.4) is 0 Å². The zero-order chi connectivity index (χ0) is 20.9. The van der Waals surface area contributed by atoms with Gasteiger partial charge in [0.05, 0.1) is 4.90 Å². The first-order chi connectivity index (χ1) is 13.2. The largest absolute Gasteiger partial charge is 0.322 e. The highest BCUT2D eigenvalue weighted by Crippen LogP contribution is 2.26. The molecule has 28 heavy (non-hydrogen) atoms. The van der Waals surface area contributed by atoms with Crippen molar-refractivity contribution in [3.63, 3.8) is 0 Å². The van der Waals surface area contributed by atoms with Crippen LogP contribution < -0.4 is 5.32 Å². The Morgan fingerprint density at radius 3 is 2.29 bits per heavy atom. The number of nitrogens with one attached hydrogen (secondary N) is 1. The fourth-order valence-corrected chi connectivity index (χ4v) is 4.31. The molecular weight excluding hydrogens is 379 g/mol. The number of sulfonamides is 1. The molecule has 0 radical (unpaired) electrons. The summed E-state index contributed by atoms with van der Waals surface area (Å²) in [5.74, 6) is -0.747. The van der Waals surface area contributed by atoms with Crippen molar-refractivity contribution in [1.82, 2.24) is 4.31 Å². The number of hydrogen-bond donors (Lipinski definition) is 1. The molecule has 5 nitrogen and oxygen atoms in total. The zero-order valence-corrected chi connectivity index (χ0v) is 17.3. The van der Waals surface area contributed by atoms with Gasteiger partial charge in [-0.25, -0.2) is 12.8 Å². The predicted octanol–water partition coefficient (Wildman–Crippen LogP) is 4.12. The summed E-state index contributed by atoms with van der Waals surface area (Å²) < 4.78 is 39.9. The van der Waals surface area contributed by atoms with Crippen LogP contribution in [0.5, 0.6) is 0 Å². The number of carbonyl (C=O) groups is 1. The van der Waals surface area contributed by atoms with Gasteiger partial charge in [-0.1, -0.05) is 26.0 Å². The summed E-state index contributed by atoms with van der Waals surface area (Å²) in [4.78, 5) is 12.4. The number of carbonyl (C=O) groups excluding carboxylic acids is 1. The van der Waals surface area contributed by atoms with Gasteiger partial charge in [-0.15, -0.1) is 0 Å². The monoisotopic (exact) mass is 404 g/mol. The maximum atomic E-state index is 12.9. The van der Waals surface area contributed by atoms with Crippen molar-refractivity contribution < 1.29 is 17.6 Å². The van der Waals surface area contributed by atoms with Gasteiger partial charge in [0.2, 0.25) is 15.9 Å². The minimum absolute atomic E-state index is 0.150. The number of amides is 1. The summed E-state index contributed by atoms with van der Waals surface area (Å²) in [6.07, 6.45) is 2.89. The summed E-state index contributed by atoms with van der Waals surface area (Å²) in [5, 5.41) is 2.74. The van der Waals surface area contributed by atoms with E-state index in [4.69, 9.17) is 0 Å². The highest BCUT2D eigenvalue weighted by Gasteiger charge is 2.23. The van der Waals surface area contributed by atoms with Crippen molar-refractivity contribution in [2.24, 2.45) is 0 Å². The van der Waals surface area contributed by atoms with E-state index in [1.165, 1.54) is 28.6 Å². The van der Waals surface area contributed by atoms with Crippen molar-refractivity contribution in [2.75, 3.05) is 18.4 Å². The molecule has 0 spiro atoms. The van der Waals surface area contributed by atoms with E-state index >= 15 is 0 Å². The molecular formula is C21H25FN2O3S. The van der Waals surface area contributed by atoms with Gasteiger partial charge in [-0.05, 0) is 60.9 Å². The van der Waals surface area contributed by atoms with Gasteiger partial charge in [0, 0.05) is 24.9 Å². The lowest BCUT2D eigenvalue weighted by atomic mass is 10.1. The Balaban J connectivity index is 2.29. The standard InChI is InChI=1S/C21H25FN2O3S/c1-5-24(6-2)28(26,27)19-13-15(3)16(4)20(14-19)23-21(25)12-9-17-7-10-18(22)11-8-17/h7-14H,5-6H2,1-4H3,(H,23,25)/b12-9+. The Hall–Kier alpha value is -2.51. The molecule has 0 saturated heterocycles. The Morgan fingerprint density at radius 2 is 1.71 bits per heavy atom. The van der Waals surface area contributed by atoms with E-state index in [2.05, 4.69) is 5.32 Å². The molecule has 0 aliphatic heterocycles. The summed E-state index contributed by atoms with van der Waals surface area (Å²) >= 11 is 0. The number of nitrogens with zero attached hydrogens (tertiary/aromatic N) is 1. The molecule has 2 aromatic rings. The minimum atomic E-state index is -3.63. The molecule has 0 unspecified atom stereocenters. The van der Waals surface area contributed by atoms with Gasteiger partial charge in [-0.3, -0.25) is 4.79 Å². The lowest BCUT2D eigenvalue weighted by molar-refractivity contribution is -0.111. The van der Waals surface area contributed by atoms with Crippen LogP contribution in [0.25, 0.3) is 6.08 Å². The van der Waals surface area contributed by atoms with Gasteiger partial charge in [0.25, 0.3) is 0 Å². The maximum absolute atomic E-state index is 12.9. The second kappa shape index (κ2) is 9.12. The molecule has 0 bridgehead atoms. The third-order valence-corrected chi connectivity index (χ3v) is 6.57. The highest BCUT2D eigenvalue weighted by atomic mass is 32.2. The molecule has 7 heteroatoms. The lowest BCUT2D eigenvalue weighted by Crippen LogP contribution is -2.30. The van der Waals surface area contributed by atoms with Crippen molar-refractivity contribution in [3.8, 4) is 0 Å². The molecule has 2 aromatic carbocycles. The first-order valence-corrected chi connectivity index (χ1v) is 10.5. The number of halogens is 1.